The first kappa shape index (κ1) is 18.4. The molecule has 1 saturated heterocycles. The summed E-state index contributed by atoms with van der Waals surface area (Å²) in [5.74, 6) is 0.811. The fraction of sp³-hybridized carbons (Fsp3) is 0.316. The molecule has 1 aliphatic rings. The number of rotatable bonds is 4. The monoisotopic (exact) mass is 398 g/mol. The van der Waals surface area contributed by atoms with Crippen LogP contribution in [0.15, 0.2) is 43.0 Å². The lowest BCUT2D eigenvalue weighted by molar-refractivity contribution is 0.0527. The molecule has 0 saturated carbocycles. The molecule has 8 nitrogen and oxygen atoms in total. The number of likely N-dealkylation sites (tertiary alicyclic amines) is 1. The molecule has 0 spiro atoms. The number of pyridine rings is 2. The molecule has 0 bridgehead atoms. The number of hydrogen-bond acceptors (Lipinski definition) is 6. The van der Waals surface area contributed by atoms with E-state index < -0.39 is 0 Å². The van der Waals surface area contributed by atoms with Crippen LogP contribution in [0, 0.1) is 6.92 Å². The van der Waals surface area contributed by atoms with Crippen LogP contribution in [-0.4, -0.2) is 55.0 Å². The quantitative estimate of drug-likeness (QED) is 0.671. The first-order chi connectivity index (χ1) is 13.6. The lowest BCUT2D eigenvalue weighted by Gasteiger charge is -2.33. The molecule has 4 heterocycles. The molecular formula is C19H19ClN6O2. The summed E-state index contributed by atoms with van der Waals surface area (Å²) in [7, 11) is 0. The number of carbonyl (C=O) groups excluding carboxylic acids is 1. The molecule has 9 heteroatoms. The topological polar surface area (TPSA) is 86.0 Å². The lowest BCUT2D eigenvalue weighted by Crippen LogP contribution is -2.44. The Bertz CT molecular complexity index is 961. The second kappa shape index (κ2) is 7.93. The van der Waals surface area contributed by atoms with Gasteiger partial charge < -0.3 is 9.64 Å². The molecule has 28 heavy (non-hydrogen) atoms. The van der Waals surface area contributed by atoms with Crippen molar-refractivity contribution < 1.29 is 9.53 Å². The summed E-state index contributed by atoms with van der Waals surface area (Å²) in [6.07, 6.45) is 7.93. The number of piperidine rings is 1. The van der Waals surface area contributed by atoms with Gasteiger partial charge in [-0.15, -0.1) is 4.80 Å². The number of hydrogen-bond donors (Lipinski definition) is 0. The number of carbonyl (C=O) groups is 1. The lowest BCUT2D eigenvalue weighted by atomic mass is 10.1. The van der Waals surface area contributed by atoms with Crippen molar-refractivity contribution in [2.24, 2.45) is 0 Å². The van der Waals surface area contributed by atoms with Gasteiger partial charge in [-0.05, 0) is 37.5 Å². The molecule has 0 N–H and O–H groups in total. The van der Waals surface area contributed by atoms with Crippen molar-refractivity contribution >= 4 is 17.5 Å². The average Bonchev–Trinajstić information content (AvgIpc) is 3.24. The van der Waals surface area contributed by atoms with Crippen LogP contribution in [-0.2, 0) is 0 Å². The van der Waals surface area contributed by atoms with Crippen molar-refractivity contribution in [1.29, 1.82) is 0 Å². The number of amides is 1. The summed E-state index contributed by atoms with van der Waals surface area (Å²) >= 11 is 5.87. The van der Waals surface area contributed by atoms with E-state index in [1.807, 2.05) is 13.0 Å². The highest BCUT2D eigenvalue weighted by Gasteiger charge is 2.28. The zero-order chi connectivity index (χ0) is 19.5. The van der Waals surface area contributed by atoms with Gasteiger partial charge in [0.2, 0.25) is 5.88 Å². The zero-order valence-electron chi connectivity index (χ0n) is 15.3. The van der Waals surface area contributed by atoms with Gasteiger partial charge in [0, 0.05) is 25.0 Å². The minimum atomic E-state index is -0.129. The molecule has 4 rings (SSSR count). The third-order valence-corrected chi connectivity index (χ3v) is 4.72. The minimum Gasteiger partial charge on any atom is -0.472 e. The maximum absolute atomic E-state index is 13.2. The molecule has 1 unspecified atom stereocenters. The molecule has 1 atom stereocenters. The van der Waals surface area contributed by atoms with Gasteiger partial charge >= 0.3 is 0 Å². The van der Waals surface area contributed by atoms with Crippen molar-refractivity contribution in [2.75, 3.05) is 13.1 Å². The van der Waals surface area contributed by atoms with E-state index in [9.17, 15) is 4.79 Å². The number of aryl methyl sites for hydroxylation is 1. The number of aromatic nitrogens is 5. The van der Waals surface area contributed by atoms with Crippen LogP contribution < -0.4 is 4.74 Å². The van der Waals surface area contributed by atoms with Crippen LogP contribution in [0.5, 0.6) is 5.88 Å². The van der Waals surface area contributed by atoms with Gasteiger partial charge in [-0.1, -0.05) is 11.6 Å². The Morgan fingerprint density at radius 1 is 1.21 bits per heavy atom. The van der Waals surface area contributed by atoms with E-state index in [1.165, 1.54) is 4.80 Å². The smallest absolute Gasteiger partial charge is 0.257 e. The number of ether oxygens (including phenoxy) is 1. The van der Waals surface area contributed by atoms with Crippen molar-refractivity contribution in [1.82, 2.24) is 29.9 Å². The Morgan fingerprint density at radius 2 is 2.04 bits per heavy atom. The highest BCUT2D eigenvalue weighted by molar-refractivity contribution is 6.30. The standard InChI is InChI=1S/C19H19ClN6O2/c1-13-9-16(18(22-10-13)26-23-6-7-24-26)19(27)25-8-2-3-15(12-25)28-17-5-4-14(20)11-21-17/h4-7,9-11,15H,2-3,8,12H2,1H3. The molecule has 0 aromatic carbocycles. The predicted octanol–water partition coefficient (Wildman–Crippen LogP) is 2.70. The van der Waals surface area contributed by atoms with Gasteiger partial charge in [0.05, 0.1) is 29.5 Å². The van der Waals surface area contributed by atoms with Crippen molar-refractivity contribution in [2.45, 2.75) is 25.9 Å². The predicted molar refractivity (Wildman–Crippen MR) is 103 cm³/mol. The minimum absolute atomic E-state index is 0.110. The van der Waals surface area contributed by atoms with Crippen molar-refractivity contribution in [3.05, 3.63) is 59.1 Å². The second-order valence-corrected chi connectivity index (χ2v) is 7.09. The molecule has 0 aliphatic carbocycles. The number of nitrogens with zero attached hydrogens (tertiary/aromatic N) is 6. The summed E-state index contributed by atoms with van der Waals surface area (Å²) in [4.78, 5) is 24.9. The van der Waals surface area contributed by atoms with E-state index in [0.717, 1.165) is 18.4 Å². The maximum atomic E-state index is 13.2. The summed E-state index contributed by atoms with van der Waals surface area (Å²) < 4.78 is 5.94. The normalized spacial score (nSPS) is 16.8. The fourth-order valence-corrected chi connectivity index (χ4v) is 3.31. The van der Waals surface area contributed by atoms with E-state index >= 15 is 0 Å². The van der Waals surface area contributed by atoms with Crippen LogP contribution >= 0.6 is 11.6 Å². The van der Waals surface area contributed by atoms with E-state index in [1.54, 1.807) is 41.8 Å². The largest absolute Gasteiger partial charge is 0.472 e. The molecular weight excluding hydrogens is 380 g/mol. The van der Waals surface area contributed by atoms with Gasteiger partial charge in [0.15, 0.2) is 5.82 Å². The van der Waals surface area contributed by atoms with Crippen LogP contribution in [0.25, 0.3) is 5.82 Å². The molecule has 1 amide bonds. The van der Waals surface area contributed by atoms with Gasteiger partial charge in [-0.3, -0.25) is 4.79 Å². The van der Waals surface area contributed by atoms with E-state index in [2.05, 4.69) is 20.2 Å². The molecule has 3 aromatic heterocycles. The molecule has 1 aliphatic heterocycles. The summed E-state index contributed by atoms with van der Waals surface area (Å²) in [6.45, 7) is 3.04. The molecule has 3 aromatic rings. The third-order valence-electron chi connectivity index (χ3n) is 4.50. The summed E-state index contributed by atoms with van der Waals surface area (Å²) in [5, 5.41) is 8.78. The Labute approximate surface area is 167 Å². The third kappa shape index (κ3) is 3.96. The Hall–Kier alpha value is -3.00. The highest BCUT2D eigenvalue weighted by atomic mass is 35.5. The Balaban J connectivity index is 1.53. The Kier molecular flexibility index (Phi) is 5.21. The summed E-state index contributed by atoms with van der Waals surface area (Å²) in [6, 6.07) is 5.28. The van der Waals surface area contributed by atoms with E-state index in [-0.39, 0.29) is 12.0 Å². The van der Waals surface area contributed by atoms with E-state index in [0.29, 0.717) is 35.4 Å². The molecule has 0 radical (unpaired) electrons. The first-order valence-corrected chi connectivity index (χ1v) is 9.39. The molecule has 1 fully saturated rings. The van der Waals surface area contributed by atoms with Gasteiger partial charge in [-0.25, -0.2) is 9.97 Å². The van der Waals surface area contributed by atoms with Gasteiger partial charge in [0.1, 0.15) is 6.10 Å². The van der Waals surface area contributed by atoms with Crippen LogP contribution in [0.2, 0.25) is 5.02 Å². The molecule has 144 valence electrons. The zero-order valence-corrected chi connectivity index (χ0v) is 16.1. The van der Waals surface area contributed by atoms with Crippen LogP contribution in [0.4, 0.5) is 0 Å². The van der Waals surface area contributed by atoms with Crippen LogP contribution in [0.1, 0.15) is 28.8 Å². The van der Waals surface area contributed by atoms with E-state index in [4.69, 9.17) is 16.3 Å². The maximum Gasteiger partial charge on any atom is 0.257 e. The van der Waals surface area contributed by atoms with Crippen molar-refractivity contribution in [3.8, 4) is 11.7 Å². The Morgan fingerprint density at radius 3 is 2.79 bits per heavy atom. The highest BCUT2D eigenvalue weighted by Crippen LogP contribution is 2.21. The first-order valence-electron chi connectivity index (χ1n) is 9.01. The van der Waals surface area contributed by atoms with Crippen molar-refractivity contribution in [3.63, 3.8) is 0 Å². The van der Waals surface area contributed by atoms with Gasteiger partial charge in [0.25, 0.3) is 5.91 Å². The van der Waals surface area contributed by atoms with Gasteiger partial charge in [-0.2, -0.15) is 10.2 Å². The second-order valence-electron chi connectivity index (χ2n) is 6.65. The SMILES string of the molecule is Cc1cnc(-n2nccn2)c(C(=O)N2CCCC(Oc3ccc(Cl)cn3)C2)c1. The average molecular weight is 399 g/mol. The fourth-order valence-electron chi connectivity index (χ4n) is 3.20. The number of halogens is 1. The van der Waals surface area contributed by atoms with Crippen LogP contribution in [0.3, 0.4) is 0 Å². The summed E-state index contributed by atoms with van der Waals surface area (Å²) in [5.41, 5.74) is 1.37.